The van der Waals surface area contributed by atoms with Gasteiger partial charge < -0.3 is 40.3 Å². The first kappa shape index (κ1) is 67.6. The first-order chi connectivity index (χ1) is 35.3. The summed E-state index contributed by atoms with van der Waals surface area (Å²) in [4.78, 5) is 13.0. The second kappa shape index (κ2) is 52.1. The molecule has 0 aromatic heterocycles. The zero-order valence-corrected chi connectivity index (χ0v) is 46.4. The Labute approximate surface area is 442 Å². The molecule has 418 valence electrons. The zero-order valence-electron chi connectivity index (χ0n) is 46.4. The van der Waals surface area contributed by atoms with Crippen LogP contribution in [0, 0.1) is 0 Å². The molecule has 0 aliphatic carbocycles. The van der Waals surface area contributed by atoms with Crippen molar-refractivity contribution < 1.29 is 39.8 Å². The fourth-order valence-electron chi connectivity index (χ4n) is 9.26. The molecule has 1 heterocycles. The van der Waals surface area contributed by atoms with Gasteiger partial charge in [-0.05, 0) is 77.0 Å². The van der Waals surface area contributed by atoms with Gasteiger partial charge in [-0.3, -0.25) is 4.79 Å². The smallest absolute Gasteiger partial charge is 0.220 e. The third-order valence-corrected chi connectivity index (χ3v) is 14.0. The van der Waals surface area contributed by atoms with E-state index in [0.717, 1.165) is 64.2 Å². The van der Waals surface area contributed by atoms with Gasteiger partial charge in [-0.2, -0.15) is 0 Å². The molecule has 0 saturated carbocycles. The van der Waals surface area contributed by atoms with Crippen molar-refractivity contribution >= 4 is 5.91 Å². The first-order valence-electron chi connectivity index (χ1n) is 30.2. The number of unbranched alkanes of at least 4 members (excludes halogenated alkanes) is 31. The molecule has 0 bridgehead atoms. The van der Waals surface area contributed by atoms with Gasteiger partial charge in [0, 0.05) is 6.42 Å². The fourth-order valence-corrected chi connectivity index (χ4v) is 9.26. The molecule has 1 amide bonds. The van der Waals surface area contributed by atoms with E-state index in [0.29, 0.717) is 6.42 Å². The summed E-state index contributed by atoms with van der Waals surface area (Å²) < 4.78 is 11.2. The standard InChI is InChI=1S/C63H113NO8/c1-3-5-7-9-11-13-15-16-17-18-19-20-21-22-23-24-25-26-27-28-29-30-31-32-33-34-35-36-37-38-39-40-41-42-43-45-47-49-51-53-59(67)64-56(55-71-63-62(70)61(69)60(68)58(54-65)72-63)57(66)52-50-48-46-44-14-12-10-8-6-4-2/h6,8,14-16,18-19,21-22,44,50,52,56-58,60-63,65-66,68-70H,3-5,7,9-13,17,20,23-43,45-49,51,53-55H2,1-2H3,(H,64,67)/b8-6+,16-15-,19-18-,22-21-,44-14+,52-50+. The largest absolute Gasteiger partial charge is 0.394 e. The highest BCUT2D eigenvalue weighted by Gasteiger charge is 2.44. The highest BCUT2D eigenvalue weighted by atomic mass is 16.7. The van der Waals surface area contributed by atoms with Crippen LogP contribution >= 0.6 is 0 Å². The molecule has 7 unspecified atom stereocenters. The molecule has 0 radical (unpaired) electrons. The van der Waals surface area contributed by atoms with Crippen LogP contribution in [0.4, 0.5) is 0 Å². The lowest BCUT2D eigenvalue weighted by molar-refractivity contribution is -0.302. The molecule has 9 heteroatoms. The first-order valence-corrected chi connectivity index (χ1v) is 30.2. The minimum Gasteiger partial charge on any atom is -0.394 e. The van der Waals surface area contributed by atoms with Gasteiger partial charge in [0.15, 0.2) is 6.29 Å². The predicted octanol–water partition coefficient (Wildman–Crippen LogP) is 15.2. The van der Waals surface area contributed by atoms with Gasteiger partial charge in [0.25, 0.3) is 0 Å². The second-order valence-corrected chi connectivity index (χ2v) is 20.7. The van der Waals surface area contributed by atoms with Crippen LogP contribution in [-0.4, -0.2) is 87.5 Å². The Morgan fingerprint density at radius 2 is 0.875 bits per heavy atom. The highest BCUT2D eigenvalue weighted by Crippen LogP contribution is 2.23. The molecule has 0 aromatic rings. The van der Waals surface area contributed by atoms with Crippen molar-refractivity contribution in [2.24, 2.45) is 0 Å². The van der Waals surface area contributed by atoms with Gasteiger partial charge in [-0.15, -0.1) is 0 Å². The van der Waals surface area contributed by atoms with Gasteiger partial charge in [-0.1, -0.05) is 254 Å². The van der Waals surface area contributed by atoms with Crippen LogP contribution in [0.3, 0.4) is 0 Å². The summed E-state index contributed by atoms with van der Waals surface area (Å²) in [5.74, 6) is -0.192. The molecule has 1 aliphatic heterocycles. The highest BCUT2D eigenvalue weighted by molar-refractivity contribution is 5.76. The van der Waals surface area contributed by atoms with E-state index in [4.69, 9.17) is 9.47 Å². The maximum Gasteiger partial charge on any atom is 0.220 e. The number of hydrogen-bond acceptors (Lipinski definition) is 8. The molecular formula is C63H113NO8. The number of allylic oxidation sites excluding steroid dienone is 11. The van der Waals surface area contributed by atoms with E-state index in [2.05, 4.69) is 79.9 Å². The Morgan fingerprint density at radius 1 is 0.486 bits per heavy atom. The summed E-state index contributed by atoms with van der Waals surface area (Å²) in [5.41, 5.74) is 0. The molecule has 7 atom stereocenters. The Bertz CT molecular complexity index is 1360. The Morgan fingerprint density at radius 3 is 1.32 bits per heavy atom. The third kappa shape index (κ3) is 40.9. The quantitative estimate of drug-likeness (QED) is 0.0261. The minimum atomic E-state index is -1.57. The van der Waals surface area contributed by atoms with Crippen LogP contribution in [0.2, 0.25) is 0 Å². The number of nitrogens with one attached hydrogen (secondary N) is 1. The van der Waals surface area contributed by atoms with Crippen molar-refractivity contribution in [1.82, 2.24) is 5.32 Å². The van der Waals surface area contributed by atoms with Crippen LogP contribution in [0.1, 0.15) is 264 Å². The number of carbonyl (C=O) groups excluding carboxylic acids is 1. The average Bonchev–Trinajstić information content (AvgIpc) is 3.38. The molecule has 9 nitrogen and oxygen atoms in total. The summed E-state index contributed by atoms with van der Waals surface area (Å²) in [6, 6.07) is -0.827. The lowest BCUT2D eigenvalue weighted by Gasteiger charge is -2.40. The van der Waals surface area contributed by atoms with E-state index in [9.17, 15) is 30.3 Å². The summed E-state index contributed by atoms with van der Waals surface area (Å²) in [7, 11) is 0. The lowest BCUT2D eigenvalue weighted by atomic mass is 9.99. The van der Waals surface area contributed by atoms with Crippen molar-refractivity contribution in [3.8, 4) is 0 Å². The number of carbonyl (C=O) groups is 1. The minimum absolute atomic E-state index is 0.192. The molecule has 1 rings (SSSR count). The summed E-state index contributed by atoms with van der Waals surface area (Å²) in [6.07, 6.45) is 66.0. The molecule has 1 fully saturated rings. The Balaban J connectivity index is 2.02. The van der Waals surface area contributed by atoms with Crippen LogP contribution in [0.5, 0.6) is 0 Å². The molecule has 6 N–H and O–H groups in total. The summed E-state index contributed by atoms with van der Waals surface area (Å²) >= 11 is 0. The number of ether oxygens (including phenoxy) is 2. The predicted molar refractivity (Wildman–Crippen MR) is 304 cm³/mol. The lowest BCUT2D eigenvalue weighted by Crippen LogP contribution is -2.60. The van der Waals surface area contributed by atoms with Crippen LogP contribution in [-0.2, 0) is 14.3 Å². The number of rotatable bonds is 51. The molecule has 0 spiro atoms. The Kier molecular flexibility index (Phi) is 48.9. The molecule has 1 aliphatic rings. The molecule has 72 heavy (non-hydrogen) atoms. The number of hydrogen-bond donors (Lipinski definition) is 6. The number of aliphatic hydroxyl groups excluding tert-OH is 5. The maximum absolute atomic E-state index is 13.0. The van der Waals surface area contributed by atoms with Gasteiger partial charge in [0.1, 0.15) is 24.4 Å². The normalized spacial score (nSPS) is 19.7. The maximum atomic E-state index is 13.0. The van der Waals surface area contributed by atoms with Crippen molar-refractivity contribution in [3.05, 3.63) is 72.9 Å². The van der Waals surface area contributed by atoms with Gasteiger partial charge >= 0.3 is 0 Å². The zero-order chi connectivity index (χ0) is 52.2. The number of amides is 1. The van der Waals surface area contributed by atoms with E-state index < -0.39 is 49.5 Å². The topological polar surface area (TPSA) is 149 Å². The summed E-state index contributed by atoms with van der Waals surface area (Å²) in [5, 5.41) is 54.2. The van der Waals surface area contributed by atoms with E-state index in [1.165, 1.54) is 180 Å². The van der Waals surface area contributed by atoms with E-state index >= 15 is 0 Å². The van der Waals surface area contributed by atoms with Crippen molar-refractivity contribution in [2.75, 3.05) is 13.2 Å². The average molecular weight is 1010 g/mol. The van der Waals surface area contributed by atoms with Crippen molar-refractivity contribution in [3.63, 3.8) is 0 Å². The summed E-state index contributed by atoms with van der Waals surface area (Å²) in [6.45, 7) is 3.62. The molecular weight excluding hydrogens is 899 g/mol. The van der Waals surface area contributed by atoms with Crippen molar-refractivity contribution in [1.29, 1.82) is 0 Å². The van der Waals surface area contributed by atoms with E-state index in [1.807, 2.05) is 6.08 Å². The van der Waals surface area contributed by atoms with Gasteiger partial charge in [0.05, 0.1) is 25.4 Å². The van der Waals surface area contributed by atoms with Crippen LogP contribution in [0.25, 0.3) is 0 Å². The third-order valence-electron chi connectivity index (χ3n) is 14.0. The SMILES string of the molecule is CC/C=C/CC/C=C/CC/C=C/C(O)C(COC1OC(CO)C(O)C(O)C1O)NC(=O)CCCCCCCCCCCCCCCCCCCCCCCCCC/C=C\C/C=C\C/C=C\CCCCCCC. The molecule has 0 aromatic carbocycles. The molecule has 1 saturated heterocycles. The number of aliphatic hydroxyl groups is 5. The van der Waals surface area contributed by atoms with Crippen LogP contribution in [0.15, 0.2) is 72.9 Å². The fraction of sp³-hybridized carbons (Fsp3) is 0.794. The van der Waals surface area contributed by atoms with Crippen molar-refractivity contribution in [2.45, 2.75) is 307 Å². The van der Waals surface area contributed by atoms with Gasteiger partial charge in [-0.25, -0.2) is 0 Å². The van der Waals surface area contributed by atoms with E-state index in [-0.39, 0.29) is 12.5 Å². The van der Waals surface area contributed by atoms with Crippen LogP contribution < -0.4 is 5.32 Å². The van der Waals surface area contributed by atoms with E-state index in [1.54, 1.807) is 6.08 Å². The monoisotopic (exact) mass is 1010 g/mol. The Hall–Kier alpha value is -2.37. The van der Waals surface area contributed by atoms with Gasteiger partial charge in [0.2, 0.25) is 5.91 Å². The second-order valence-electron chi connectivity index (χ2n) is 20.7.